The van der Waals surface area contributed by atoms with Gasteiger partial charge in [0.25, 0.3) is 0 Å². The van der Waals surface area contributed by atoms with Crippen molar-refractivity contribution in [1.82, 2.24) is 4.90 Å². The molecular weight excluding hydrogens is 384 g/mol. The zero-order valence-electron chi connectivity index (χ0n) is 14.1. The summed E-state index contributed by atoms with van der Waals surface area (Å²) in [6.07, 6.45) is 0. The first-order chi connectivity index (χ1) is 12.1. The first-order valence-corrected chi connectivity index (χ1v) is 8.90. The van der Waals surface area contributed by atoms with E-state index in [-0.39, 0.29) is 5.91 Å². The molecule has 0 bridgehead atoms. The zero-order valence-corrected chi connectivity index (χ0v) is 15.7. The highest BCUT2D eigenvalue weighted by molar-refractivity contribution is 9.10. The fourth-order valence-corrected chi connectivity index (χ4v) is 4.57. The summed E-state index contributed by atoms with van der Waals surface area (Å²) in [5.41, 5.74) is 2.64. The van der Waals surface area contributed by atoms with Crippen molar-refractivity contribution in [2.24, 2.45) is 0 Å². The van der Waals surface area contributed by atoms with Crippen LogP contribution >= 0.6 is 15.9 Å². The third-order valence-electron chi connectivity index (χ3n) is 5.05. The van der Waals surface area contributed by atoms with Gasteiger partial charge < -0.3 is 14.8 Å². The molecule has 6 heteroatoms. The second-order valence-electron chi connectivity index (χ2n) is 6.52. The van der Waals surface area contributed by atoms with Crippen LogP contribution in [0.5, 0.6) is 11.5 Å². The Bertz CT molecular complexity index is 847. The first kappa shape index (κ1) is 16.4. The Morgan fingerprint density at radius 2 is 2.00 bits per heavy atom. The normalized spacial score (nSPS) is 17.8. The number of anilines is 1. The summed E-state index contributed by atoms with van der Waals surface area (Å²) in [4.78, 5) is 14.9. The Kier molecular flexibility index (Phi) is 3.96. The topological polar surface area (TPSA) is 50.8 Å². The number of halogens is 1. The Balaban J connectivity index is 1.55. The summed E-state index contributed by atoms with van der Waals surface area (Å²) in [6.45, 7) is 2.13. The Morgan fingerprint density at radius 3 is 2.72 bits per heavy atom. The fraction of sp³-hybridized carbons (Fsp3) is 0.316. The standard InChI is InChI=1S/C19H19BrN2O3/c1-24-13-7-6-12(16(8-13)25-2)9-22-10-19(11-22)17-14(20)4-3-5-15(17)21-18(19)23/h3-8H,9-11H2,1-2H3,(H,21,23). The minimum atomic E-state index is -0.449. The lowest BCUT2D eigenvalue weighted by atomic mass is 9.74. The second kappa shape index (κ2) is 6.04. The van der Waals surface area contributed by atoms with Crippen LogP contribution in [-0.4, -0.2) is 38.1 Å². The quantitative estimate of drug-likeness (QED) is 0.852. The number of amides is 1. The lowest BCUT2D eigenvalue weighted by Crippen LogP contribution is -2.62. The number of fused-ring (bicyclic) bond motifs is 2. The minimum absolute atomic E-state index is 0.0901. The summed E-state index contributed by atoms with van der Waals surface area (Å²) >= 11 is 3.61. The van der Waals surface area contributed by atoms with Gasteiger partial charge in [-0.15, -0.1) is 0 Å². The number of rotatable bonds is 4. The molecule has 0 aromatic heterocycles. The van der Waals surface area contributed by atoms with E-state index in [1.54, 1.807) is 14.2 Å². The fourth-order valence-electron chi connectivity index (χ4n) is 3.82. The van der Waals surface area contributed by atoms with Crippen molar-refractivity contribution >= 4 is 27.5 Å². The van der Waals surface area contributed by atoms with Crippen LogP contribution in [-0.2, 0) is 16.8 Å². The van der Waals surface area contributed by atoms with Crippen molar-refractivity contribution in [3.8, 4) is 11.5 Å². The third-order valence-corrected chi connectivity index (χ3v) is 5.71. The van der Waals surface area contributed by atoms with E-state index in [1.807, 2.05) is 36.4 Å². The number of hydrogen-bond acceptors (Lipinski definition) is 4. The molecule has 0 radical (unpaired) electrons. The lowest BCUT2D eigenvalue weighted by Gasteiger charge is -2.46. The predicted octanol–water partition coefficient (Wildman–Crippen LogP) is 3.17. The monoisotopic (exact) mass is 402 g/mol. The number of carbonyl (C=O) groups excluding carboxylic acids is 1. The van der Waals surface area contributed by atoms with Crippen LogP contribution in [0.2, 0.25) is 0 Å². The van der Waals surface area contributed by atoms with Gasteiger partial charge in [-0.25, -0.2) is 0 Å². The molecule has 25 heavy (non-hydrogen) atoms. The maximum atomic E-state index is 12.6. The lowest BCUT2D eigenvalue weighted by molar-refractivity contribution is -0.127. The number of benzene rings is 2. The molecule has 0 unspecified atom stereocenters. The molecule has 1 amide bonds. The van der Waals surface area contributed by atoms with Crippen LogP contribution in [0.4, 0.5) is 5.69 Å². The van der Waals surface area contributed by atoms with Crippen LogP contribution in [0.3, 0.4) is 0 Å². The maximum Gasteiger partial charge on any atom is 0.237 e. The van der Waals surface area contributed by atoms with Gasteiger partial charge in [0.1, 0.15) is 16.9 Å². The molecule has 1 fully saturated rings. The Hall–Kier alpha value is -2.05. The van der Waals surface area contributed by atoms with Gasteiger partial charge in [0.2, 0.25) is 5.91 Å². The molecule has 2 aliphatic rings. The van der Waals surface area contributed by atoms with Crippen molar-refractivity contribution in [3.63, 3.8) is 0 Å². The highest BCUT2D eigenvalue weighted by Crippen LogP contribution is 2.48. The van der Waals surface area contributed by atoms with Gasteiger partial charge in [0.15, 0.2) is 0 Å². The number of nitrogens with zero attached hydrogens (tertiary/aromatic N) is 1. The summed E-state index contributed by atoms with van der Waals surface area (Å²) < 4.78 is 11.7. The largest absolute Gasteiger partial charge is 0.497 e. The molecular formula is C19H19BrN2O3. The molecule has 1 saturated heterocycles. The van der Waals surface area contributed by atoms with Gasteiger partial charge in [-0.2, -0.15) is 0 Å². The zero-order chi connectivity index (χ0) is 17.6. The van der Waals surface area contributed by atoms with Gasteiger partial charge in [-0.3, -0.25) is 9.69 Å². The van der Waals surface area contributed by atoms with E-state index >= 15 is 0 Å². The first-order valence-electron chi connectivity index (χ1n) is 8.11. The average molecular weight is 403 g/mol. The molecule has 0 atom stereocenters. The van der Waals surface area contributed by atoms with Crippen LogP contribution in [0, 0.1) is 0 Å². The van der Waals surface area contributed by atoms with Crippen molar-refractivity contribution < 1.29 is 14.3 Å². The van der Waals surface area contributed by atoms with Gasteiger partial charge >= 0.3 is 0 Å². The highest BCUT2D eigenvalue weighted by Gasteiger charge is 2.55. The van der Waals surface area contributed by atoms with Crippen LogP contribution in [0.1, 0.15) is 11.1 Å². The van der Waals surface area contributed by atoms with E-state index < -0.39 is 5.41 Å². The number of likely N-dealkylation sites (tertiary alicyclic amines) is 1. The number of methoxy groups -OCH3 is 2. The molecule has 0 saturated carbocycles. The summed E-state index contributed by atoms with van der Waals surface area (Å²) in [6, 6.07) is 11.7. The molecule has 2 aromatic rings. The smallest absolute Gasteiger partial charge is 0.237 e. The molecule has 5 nitrogen and oxygen atoms in total. The summed E-state index contributed by atoms with van der Waals surface area (Å²) in [5.74, 6) is 1.67. The van der Waals surface area contributed by atoms with Crippen molar-refractivity contribution in [2.45, 2.75) is 12.0 Å². The molecule has 2 aliphatic heterocycles. The van der Waals surface area contributed by atoms with Crippen LogP contribution in [0.15, 0.2) is 40.9 Å². The van der Waals surface area contributed by atoms with Gasteiger partial charge in [-0.05, 0) is 18.2 Å². The van der Waals surface area contributed by atoms with Crippen molar-refractivity contribution in [2.75, 3.05) is 32.6 Å². The molecule has 0 aliphatic carbocycles. The van der Waals surface area contributed by atoms with Gasteiger partial charge in [-0.1, -0.05) is 28.1 Å². The van der Waals surface area contributed by atoms with E-state index in [0.29, 0.717) is 13.1 Å². The maximum absolute atomic E-state index is 12.6. The summed E-state index contributed by atoms with van der Waals surface area (Å²) in [5, 5.41) is 3.02. The SMILES string of the molecule is COc1ccc(CN2CC3(C2)C(=O)Nc2cccc(Br)c23)c(OC)c1. The van der Waals surface area contributed by atoms with Gasteiger partial charge in [0, 0.05) is 47.0 Å². The number of ether oxygens (including phenoxy) is 2. The predicted molar refractivity (Wildman–Crippen MR) is 99.3 cm³/mol. The average Bonchev–Trinajstić information content (AvgIpc) is 2.88. The number of hydrogen-bond donors (Lipinski definition) is 1. The summed E-state index contributed by atoms with van der Waals surface area (Å²) in [7, 11) is 3.30. The molecule has 130 valence electrons. The molecule has 1 N–H and O–H groups in total. The third kappa shape index (κ3) is 2.51. The Morgan fingerprint density at radius 1 is 1.20 bits per heavy atom. The molecule has 2 aromatic carbocycles. The van der Waals surface area contributed by atoms with E-state index in [9.17, 15) is 4.79 Å². The van der Waals surface area contributed by atoms with Crippen molar-refractivity contribution in [3.05, 3.63) is 52.0 Å². The Labute approximate surface area is 155 Å². The van der Waals surface area contributed by atoms with Gasteiger partial charge in [0.05, 0.1) is 14.2 Å². The molecule has 4 rings (SSSR count). The number of nitrogens with one attached hydrogen (secondary N) is 1. The van der Waals surface area contributed by atoms with E-state index in [0.717, 1.165) is 39.3 Å². The van der Waals surface area contributed by atoms with E-state index in [2.05, 4.69) is 26.1 Å². The highest BCUT2D eigenvalue weighted by atomic mass is 79.9. The van der Waals surface area contributed by atoms with Crippen molar-refractivity contribution in [1.29, 1.82) is 0 Å². The van der Waals surface area contributed by atoms with E-state index in [4.69, 9.17) is 9.47 Å². The number of carbonyl (C=O) groups is 1. The van der Waals surface area contributed by atoms with E-state index in [1.165, 1.54) is 0 Å². The van der Waals surface area contributed by atoms with Crippen LogP contribution < -0.4 is 14.8 Å². The molecule has 1 spiro atoms. The second-order valence-corrected chi connectivity index (χ2v) is 7.38. The minimum Gasteiger partial charge on any atom is -0.497 e. The van der Waals surface area contributed by atoms with Crippen LogP contribution in [0.25, 0.3) is 0 Å². The molecule has 2 heterocycles.